The molecule has 2 aliphatic rings. The molecule has 1 spiro atoms. The first kappa shape index (κ1) is 30.3. The molecule has 3 unspecified atom stereocenters. The van der Waals surface area contributed by atoms with Crippen LogP contribution in [0.15, 0.2) is 29.8 Å². The summed E-state index contributed by atoms with van der Waals surface area (Å²) in [7, 11) is 0. The van der Waals surface area contributed by atoms with E-state index in [4.69, 9.17) is 46.8 Å². The van der Waals surface area contributed by atoms with Gasteiger partial charge < -0.3 is 35.2 Å². The molecule has 0 bridgehead atoms. The van der Waals surface area contributed by atoms with Gasteiger partial charge in [0.05, 0.1) is 38.0 Å². The first-order valence-corrected chi connectivity index (χ1v) is 13.6. The van der Waals surface area contributed by atoms with Gasteiger partial charge >= 0.3 is 17.9 Å². The van der Waals surface area contributed by atoms with E-state index in [1.54, 1.807) is 19.1 Å². The fourth-order valence-corrected chi connectivity index (χ4v) is 5.72. The van der Waals surface area contributed by atoms with E-state index in [0.29, 0.717) is 29.2 Å². The maximum absolute atomic E-state index is 13.4. The van der Waals surface area contributed by atoms with Crippen molar-refractivity contribution < 1.29 is 42.5 Å². The molecule has 10 nitrogen and oxygen atoms in total. The molecule has 0 aromatic heterocycles. The summed E-state index contributed by atoms with van der Waals surface area (Å²) in [6.07, 6.45) is 1.46. The second-order valence-corrected chi connectivity index (χ2v) is 10.2. The zero-order valence-electron chi connectivity index (χ0n) is 21.0. The Bertz CT molecular complexity index is 1040. The highest BCUT2D eigenvalue weighted by atomic mass is 35.5. The van der Waals surface area contributed by atoms with Crippen molar-refractivity contribution in [1.29, 1.82) is 0 Å². The second kappa shape index (κ2) is 14.2. The van der Waals surface area contributed by atoms with Crippen LogP contribution in [0.2, 0.25) is 5.02 Å². The summed E-state index contributed by atoms with van der Waals surface area (Å²) in [6, 6.07) is 4.20. The third-order valence-corrected chi connectivity index (χ3v) is 7.69. The van der Waals surface area contributed by atoms with Crippen LogP contribution in [0.4, 0.5) is 4.39 Å². The molecule has 4 atom stereocenters. The lowest BCUT2D eigenvalue weighted by Crippen LogP contribution is -2.37. The predicted molar refractivity (Wildman–Crippen MR) is 138 cm³/mol. The van der Waals surface area contributed by atoms with Gasteiger partial charge in [-0.25, -0.2) is 9.18 Å². The quantitative estimate of drug-likeness (QED) is 0.279. The molecule has 210 valence electrons. The number of rotatable bonds is 12. The van der Waals surface area contributed by atoms with E-state index in [-0.39, 0.29) is 44.6 Å². The smallest absolute Gasteiger partial charge is 0.335 e. The Balaban J connectivity index is 1.79. The summed E-state index contributed by atoms with van der Waals surface area (Å²) in [5.41, 5.74) is 11.7. The Morgan fingerprint density at radius 3 is 2.53 bits per heavy atom. The monoisotopic (exact) mass is 574 g/mol. The van der Waals surface area contributed by atoms with Crippen molar-refractivity contribution in [1.82, 2.24) is 0 Å². The minimum atomic E-state index is -1.27. The van der Waals surface area contributed by atoms with Crippen molar-refractivity contribution in [3.8, 4) is 0 Å². The zero-order valence-corrected chi connectivity index (χ0v) is 22.6. The average molecular weight is 575 g/mol. The SMILES string of the molecule is CCOC(=O)C1=CC2(CCC1SCc1ccc(F)cc1Cl)OC(CCOC(=O)CN)[C@@H](COC(=O)CN)O2. The van der Waals surface area contributed by atoms with Crippen LogP contribution in [0.5, 0.6) is 0 Å². The zero-order chi connectivity index (χ0) is 27.7. The van der Waals surface area contributed by atoms with Crippen molar-refractivity contribution in [2.24, 2.45) is 11.5 Å². The molecule has 1 heterocycles. The molecule has 1 aromatic carbocycles. The molecule has 13 heteroatoms. The molecule has 1 fully saturated rings. The summed E-state index contributed by atoms with van der Waals surface area (Å²) in [6.45, 7) is 1.24. The molecule has 0 radical (unpaired) electrons. The molecule has 1 aliphatic carbocycles. The van der Waals surface area contributed by atoms with Crippen LogP contribution in [0.1, 0.15) is 31.7 Å². The number of thioether (sulfide) groups is 1. The largest absolute Gasteiger partial charge is 0.465 e. The number of halogens is 2. The van der Waals surface area contributed by atoms with E-state index >= 15 is 0 Å². The number of hydrogen-bond donors (Lipinski definition) is 2. The highest BCUT2D eigenvalue weighted by Gasteiger charge is 2.50. The lowest BCUT2D eigenvalue weighted by atomic mass is 9.94. The number of hydrogen-bond acceptors (Lipinski definition) is 11. The van der Waals surface area contributed by atoms with Gasteiger partial charge in [0, 0.05) is 28.9 Å². The summed E-state index contributed by atoms with van der Waals surface area (Å²) in [4.78, 5) is 36.0. The molecule has 38 heavy (non-hydrogen) atoms. The van der Waals surface area contributed by atoms with Crippen LogP contribution in [0.3, 0.4) is 0 Å². The standard InChI is InChI=1S/C25H32ClFN2O8S/c1-2-33-24(32)17-10-25(7-5-21(17)38-14-15-3-4-16(27)9-18(15)26)36-19(6-8-34-22(30)11-28)20(37-25)13-35-23(31)12-29/h3-4,9-10,19-21H,2,5-8,11-14,28-29H2,1H3/t19?,20-,21?,25?/m1/s1. The van der Waals surface area contributed by atoms with E-state index in [1.165, 1.54) is 23.9 Å². The summed E-state index contributed by atoms with van der Waals surface area (Å²) < 4.78 is 41.5. The van der Waals surface area contributed by atoms with Gasteiger partial charge in [0.25, 0.3) is 0 Å². The van der Waals surface area contributed by atoms with Crippen molar-refractivity contribution >= 4 is 41.3 Å². The van der Waals surface area contributed by atoms with E-state index < -0.39 is 41.7 Å². The van der Waals surface area contributed by atoms with Gasteiger partial charge in [-0.1, -0.05) is 17.7 Å². The van der Waals surface area contributed by atoms with Gasteiger partial charge in [-0.3, -0.25) is 9.59 Å². The summed E-state index contributed by atoms with van der Waals surface area (Å²) >= 11 is 7.65. The van der Waals surface area contributed by atoms with Gasteiger partial charge in [-0.05, 0) is 37.1 Å². The van der Waals surface area contributed by atoms with E-state index in [1.807, 2.05) is 0 Å². The normalized spacial score (nSPS) is 24.7. The molecule has 0 saturated carbocycles. The van der Waals surface area contributed by atoms with Gasteiger partial charge in [0.1, 0.15) is 18.5 Å². The van der Waals surface area contributed by atoms with Gasteiger partial charge in [-0.15, -0.1) is 11.8 Å². The van der Waals surface area contributed by atoms with Crippen molar-refractivity contribution in [3.63, 3.8) is 0 Å². The number of carbonyl (C=O) groups excluding carboxylic acids is 3. The summed E-state index contributed by atoms with van der Waals surface area (Å²) in [5, 5.41) is 0.0491. The van der Waals surface area contributed by atoms with Crippen molar-refractivity contribution in [2.45, 2.75) is 55.2 Å². The molecule has 3 rings (SSSR count). The molecule has 4 N–H and O–H groups in total. The maximum atomic E-state index is 13.4. The second-order valence-electron chi connectivity index (χ2n) is 8.62. The number of benzene rings is 1. The lowest BCUT2D eigenvalue weighted by Gasteiger charge is -2.33. The first-order valence-electron chi connectivity index (χ1n) is 12.2. The van der Waals surface area contributed by atoms with Crippen LogP contribution >= 0.6 is 23.4 Å². The number of esters is 3. The molecular weight excluding hydrogens is 543 g/mol. The topological polar surface area (TPSA) is 149 Å². The summed E-state index contributed by atoms with van der Waals surface area (Å²) in [5.74, 6) is -2.92. The van der Waals surface area contributed by atoms with E-state index in [2.05, 4.69) is 0 Å². The predicted octanol–water partition coefficient (Wildman–Crippen LogP) is 2.24. The molecule has 1 aromatic rings. The van der Waals surface area contributed by atoms with E-state index in [0.717, 1.165) is 5.56 Å². The van der Waals surface area contributed by atoms with Crippen LogP contribution in [-0.2, 0) is 43.8 Å². The van der Waals surface area contributed by atoms with Gasteiger partial charge in [-0.2, -0.15) is 0 Å². The third kappa shape index (κ3) is 8.14. The van der Waals surface area contributed by atoms with Crippen LogP contribution < -0.4 is 11.5 Å². The maximum Gasteiger partial charge on any atom is 0.335 e. The van der Waals surface area contributed by atoms with Crippen LogP contribution in [0.25, 0.3) is 0 Å². The van der Waals surface area contributed by atoms with Crippen molar-refractivity contribution in [2.75, 3.05) is 32.9 Å². The Morgan fingerprint density at radius 1 is 1.13 bits per heavy atom. The highest BCUT2D eigenvalue weighted by Crippen LogP contribution is 2.44. The van der Waals surface area contributed by atoms with Gasteiger partial charge in [0.15, 0.2) is 5.79 Å². The Hall–Kier alpha value is -2.22. The molecular formula is C25H32ClFN2O8S. The van der Waals surface area contributed by atoms with Crippen LogP contribution in [-0.4, -0.2) is 74.1 Å². The lowest BCUT2D eigenvalue weighted by molar-refractivity contribution is -0.160. The first-order chi connectivity index (χ1) is 18.2. The van der Waals surface area contributed by atoms with Crippen LogP contribution in [0, 0.1) is 5.82 Å². The Labute approximate surface area is 229 Å². The molecule has 0 amide bonds. The molecule has 1 aliphatic heterocycles. The highest BCUT2D eigenvalue weighted by molar-refractivity contribution is 7.99. The molecule has 1 saturated heterocycles. The van der Waals surface area contributed by atoms with Crippen molar-refractivity contribution in [3.05, 3.63) is 46.3 Å². The number of nitrogens with two attached hydrogens (primary N) is 2. The van der Waals surface area contributed by atoms with E-state index in [9.17, 15) is 18.8 Å². The average Bonchev–Trinajstić information content (AvgIpc) is 3.23. The number of ether oxygens (including phenoxy) is 5. The minimum absolute atomic E-state index is 0.0207. The Kier molecular flexibility index (Phi) is 11.4. The third-order valence-electron chi connectivity index (χ3n) is 5.97. The minimum Gasteiger partial charge on any atom is -0.465 e. The fourth-order valence-electron chi connectivity index (χ4n) is 4.14. The van der Waals surface area contributed by atoms with Gasteiger partial charge in [0.2, 0.25) is 0 Å². The Morgan fingerprint density at radius 2 is 1.84 bits per heavy atom. The number of carbonyl (C=O) groups is 3. The fraction of sp³-hybridized carbons (Fsp3) is 0.560.